The fourth-order valence-electron chi connectivity index (χ4n) is 5.83. The summed E-state index contributed by atoms with van der Waals surface area (Å²) in [7, 11) is 0. The van der Waals surface area contributed by atoms with Gasteiger partial charge in [0.25, 0.3) is 0 Å². The van der Waals surface area contributed by atoms with E-state index in [-0.39, 0.29) is 38.1 Å². The zero-order chi connectivity index (χ0) is 41.6. The molecule has 2 heterocycles. The van der Waals surface area contributed by atoms with Gasteiger partial charge in [0.15, 0.2) is 0 Å². The number of imidazole rings is 1. The number of carbonyl (C=O) groups excluding carboxylic acids is 6. The van der Waals surface area contributed by atoms with Crippen molar-refractivity contribution in [2.24, 2.45) is 17.6 Å². The summed E-state index contributed by atoms with van der Waals surface area (Å²) in [6, 6.07) is -9.03. The van der Waals surface area contributed by atoms with E-state index >= 15 is 0 Å². The number of amides is 6. The average Bonchev–Trinajstić information content (AvgIpc) is 3.80. The van der Waals surface area contributed by atoms with E-state index in [4.69, 9.17) is 10.8 Å². The van der Waals surface area contributed by atoms with Gasteiger partial charge >= 0.3 is 17.9 Å². The Morgan fingerprint density at radius 2 is 1.45 bits per heavy atom. The largest absolute Gasteiger partial charge is 0.481 e. The average molecular weight is 780 g/mol. The third-order valence-corrected chi connectivity index (χ3v) is 8.76. The first-order valence-electron chi connectivity index (χ1n) is 17.9. The number of likely N-dealkylation sites (tertiary alicyclic amines) is 1. The summed E-state index contributed by atoms with van der Waals surface area (Å²) in [5.74, 6) is -9.40. The van der Waals surface area contributed by atoms with Crippen molar-refractivity contribution < 1.29 is 58.5 Å². The highest BCUT2D eigenvalue weighted by molar-refractivity contribution is 5.98. The number of aliphatic carboxylic acids is 3. The maximum atomic E-state index is 13.6. The second-order valence-corrected chi connectivity index (χ2v) is 14.2. The quantitative estimate of drug-likeness (QED) is 0.0600. The zero-order valence-corrected chi connectivity index (χ0v) is 31.5. The lowest BCUT2D eigenvalue weighted by atomic mass is 9.99. The Morgan fingerprint density at radius 1 is 0.836 bits per heavy atom. The van der Waals surface area contributed by atoms with Gasteiger partial charge in [-0.1, -0.05) is 27.7 Å². The van der Waals surface area contributed by atoms with Gasteiger partial charge in [-0.2, -0.15) is 0 Å². The molecule has 1 aromatic rings. The number of nitrogens with zero attached hydrogens (tertiary/aromatic N) is 2. The Labute approximate surface area is 317 Å². The van der Waals surface area contributed by atoms with Crippen LogP contribution in [0.15, 0.2) is 12.5 Å². The van der Waals surface area contributed by atoms with Gasteiger partial charge in [-0.25, -0.2) is 9.78 Å². The van der Waals surface area contributed by atoms with E-state index in [0.717, 1.165) is 0 Å². The molecule has 7 atom stereocenters. The Kier molecular flexibility index (Phi) is 17.7. The standard InChI is InChI=1S/C34H53N9O12/c1-16(2)11-21(30(50)41-23(34(54)55)12-19-14-36-15-37-19)40-32(52)27(17(3)4)42-31(51)24-7-6-10-43(24)33(53)18(5)38-29(49)22(13-26(46)47)39-28(48)20(35)8-9-25(44)45/h14-18,20-24,27H,6-13,35H2,1-5H3,(H,36,37)(H,38,49)(H,39,48)(H,40,52)(H,41,50)(H,42,51)(H,44,45)(H,46,47)(H,54,55)/t18-,20-,21-,22-,23-,24-,27-/m0/s1. The summed E-state index contributed by atoms with van der Waals surface area (Å²) in [6.07, 6.45) is 1.92. The Bertz CT molecular complexity index is 1550. The number of aromatic amines is 1. The van der Waals surface area contributed by atoms with Crippen molar-refractivity contribution in [2.45, 2.75) is 122 Å². The van der Waals surface area contributed by atoms with Gasteiger partial charge in [0.2, 0.25) is 35.4 Å². The van der Waals surface area contributed by atoms with Gasteiger partial charge in [0.05, 0.1) is 24.5 Å². The van der Waals surface area contributed by atoms with Gasteiger partial charge in [-0.3, -0.25) is 38.4 Å². The van der Waals surface area contributed by atoms with Crippen LogP contribution in [0.4, 0.5) is 0 Å². The van der Waals surface area contributed by atoms with Crippen LogP contribution < -0.4 is 32.3 Å². The summed E-state index contributed by atoms with van der Waals surface area (Å²) in [5, 5.41) is 40.1. The molecule has 1 aliphatic heterocycles. The Morgan fingerprint density at radius 3 is 2.00 bits per heavy atom. The molecular weight excluding hydrogens is 726 g/mol. The molecule has 0 aliphatic carbocycles. The highest BCUT2D eigenvalue weighted by atomic mass is 16.4. The fourth-order valence-corrected chi connectivity index (χ4v) is 5.83. The van der Waals surface area contributed by atoms with Gasteiger partial charge in [-0.15, -0.1) is 0 Å². The van der Waals surface area contributed by atoms with Crippen molar-refractivity contribution in [3.63, 3.8) is 0 Å². The minimum Gasteiger partial charge on any atom is -0.481 e. The third kappa shape index (κ3) is 14.6. The lowest BCUT2D eigenvalue weighted by Crippen LogP contribution is -2.60. The number of nitrogens with two attached hydrogens (primary N) is 1. The van der Waals surface area contributed by atoms with Crippen LogP contribution in [-0.2, 0) is 49.6 Å². The number of hydrogen-bond donors (Lipinski definition) is 10. The molecule has 1 aliphatic rings. The maximum absolute atomic E-state index is 13.6. The lowest BCUT2D eigenvalue weighted by molar-refractivity contribution is -0.143. The van der Waals surface area contributed by atoms with E-state index in [1.807, 2.05) is 13.8 Å². The summed E-state index contributed by atoms with van der Waals surface area (Å²) >= 11 is 0. The summed E-state index contributed by atoms with van der Waals surface area (Å²) in [6.45, 7) is 8.36. The highest BCUT2D eigenvalue weighted by Crippen LogP contribution is 2.20. The predicted molar refractivity (Wildman–Crippen MR) is 191 cm³/mol. The molecule has 0 aromatic carbocycles. The molecule has 1 saturated heterocycles. The molecule has 306 valence electrons. The van der Waals surface area contributed by atoms with Crippen molar-refractivity contribution in [1.82, 2.24) is 41.5 Å². The smallest absolute Gasteiger partial charge is 0.326 e. The van der Waals surface area contributed by atoms with Crippen LogP contribution in [0.25, 0.3) is 0 Å². The fraction of sp³-hybridized carbons (Fsp3) is 0.647. The Balaban J connectivity index is 2.13. The lowest BCUT2D eigenvalue weighted by Gasteiger charge is -2.31. The number of aromatic nitrogens is 2. The molecule has 11 N–H and O–H groups in total. The molecule has 0 radical (unpaired) electrons. The number of H-pyrrole nitrogens is 1. The van der Waals surface area contributed by atoms with Crippen molar-refractivity contribution in [2.75, 3.05) is 6.54 Å². The highest BCUT2D eigenvalue weighted by Gasteiger charge is 2.39. The number of nitrogens with one attached hydrogen (secondary N) is 6. The SMILES string of the molecule is CC(C)C[C@H](NC(=O)[C@@H](NC(=O)[C@@H]1CCCN1C(=O)[C@H](C)NC(=O)[C@H](CC(=O)O)NC(=O)[C@@H](N)CCC(=O)O)C(C)C)C(=O)N[C@@H](Cc1c[nH]cn1)C(=O)O. The van der Waals surface area contributed by atoms with Crippen LogP contribution in [0, 0.1) is 11.8 Å². The summed E-state index contributed by atoms with van der Waals surface area (Å²) < 4.78 is 0. The molecule has 21 nitrogen and oxygen atoms in total. The molecule has 0 unspecified atom stereocenters. The van der Waals surface area contributed by atoms with E-state index in [0.29, 0.717) is 12.1 Å². The maximum Gasteiger partial charge on any atom is 0.326 e. The van der Waals surface area contributed by atoms with Crippen molar-refractivity contribution >= 4 is 53.4 Å². The predicted octanol–water partition coefficient (Wildman–Crippen LogP) is -2.16. The molecule has 1 fully saturated rings. The van der Waals surface area contributed by atoms with Gasteiger partial charge in [0, 0.05) is 25.6 Å². The van der Waals surface area contributed by atoms with Crippen molar-refractivity contribution in [1.29, 1.82) is 0 Å². The van der Waals surface area contributed by atoms with E-state index < -0.39 is 114 Å². The minimum absolute atomic E-state index is 0.102. The molecule has 0 bridgehead atoms. The second kappa shape index (κ2) is 21.3. The van der Waals surface area contributed by atoms with E-state index in [1.165, 1.54) is 24.3 Å². The van der Waals surface area contributed by atoms with Crippen molar-refractivity contribution in [3.8, 4) is 0 Å². The normalized spacial score (nSPS) is 17.2. The van der Waals surface area contributed by atoms with Crippen LogP contribution in [-0.4, -0.2) is 132 Å². The molecular formula is C34H53N9O12. The first-order valence-corrected chi connectivity index (χ1v) is 17.9. The van der Waals surface area contributed by atoms with Crippen LogP contribution in [0.5, 0.6) is 0 Å². The topological polar surface area (TPSA) is 332 Å². The first kappa shape index (κ1) is 45.6. The Hall–Kier alpha value is -5.60. The molecule has 1 aromatic heterocycles. The second-order valence-electron chi connectivity index (χ2n) is 14.2. The summed E-state index contributed by atoms with van der Waals surface area (Å²) in [5.41, 5.74) is 6.08. The van der Waals surface area contributed by atoms with Gasteiger partial charge in [-0.05, 0) is 44.4 Å². The van der Waals surface area contributed by atoms with E-state index in [2.05, 4.69) is 36.6 Å². The van der Waals surface area contributed by atoms with Gasteiger partial charge < -0.3 is 57.5 Å². The minimum atomic E-state index is -1.66. The molecule has 0 saturated carbocycles. The molecule has 6 amide bonds. The zero-order valence-electron chi connectivity index (χ0n) is 31.5. The van der Waals surface area contributed by atoms with Crippen LogP contribution in [0.1, 0.15) is 78.8 Å². The van der Waals surface area contributed by atoms with Crippen LogP contribution in [0.3, 0.4) is 0 Å². The van der Waals surface area contributed by atoms with E-state index in [9.17, 15) is 53.4 Å². The molecule has 55 heavy (non-hydrogen) atoms. The molecule has 2 rings (SSSR count). The number of carbonyl (C=O) groups is 9. The number of carboxylic acid groups (broad SMARTS) is 3. The monoisotopic (exact) mass is 779 g/mol. The number of rotatable bonds is 22. The number of carboxylic acids is 3. The van der Waals surface area contributed by atoms with Crippen molar-refractivity contribution in [3.05, 3.63) is 18.2 Å². The third-order valence-electron chi connectivity index (χ3n) is 8.76. The van der Waals surface area contributed by atoms with Gasteiger partial charge in [0.1, 0.15) is 36.3 Å². The van der Waals surface area contributed by atoms with Crippen LogP contribution >= 0.6 is 0 Å². The molecule has 21 heteroatoms. The number of hydrogen-bond acceptors (Lipinski definition) is 11. The van der Waals surface area contributed by atoms with E-state index in [1.54, 1.807) is 13.8 Å². The molecule has 0 spiro atoms. The van der Waals surface area contributed by atoms with Crippen LogP contribution in [0.2, 0.25) is 0 Å². The first-order chi connectivity index (χ1) is 25.7. The summed E-state index contributed by atoms with van der Waals surface area (Å²) in [4.78, 5) is 122.